The predicted molar refractivity (Wildman–Crippen MR) is 104 cm³/mol. The van der Waals surface area contributed by atoms with E-state index >= 15 is 0 Å². The fraction of sp³-hybridized carbons (Fsp3) is 0.318. The molecule has 0 N–H and O–H groups in total. The van der Waals surface area contributed by atoms with Gasteiger partial charge >= 0.3 is 11.9 Å². The van der Waals surface area contributed by atoms with Crippen molar-refractivity contribution in [1.82, 2.24) is 4.90 Å². The molecule has 0 spiro atoms. The second-order valence-corrected chi connectivity index (χ2v) is 6.72. The summed E-state index contributed by atoms with van der Waals surface area (Å²) in [6.07, 6.45) is 0.412. The summed E-state index contributed by atoms with van der Waals surface area (Å²) < 4.78 is 15.1. The summed E-state index contributed by atoms with van der Waals surface area (Å²) in [5.74, 6) is -0.748. The van der Waals surface area contributed by atoms with Crippen molar-refractivity contribution in [3.8, 4) is 5.75 Å². The molecular weight excluding hydrogens is 374 g/mol. The first-order valence-corrected chi connectivity index (χ1v) is 9.24. The van der Waals surface area contributed by atoms with E-state index in [9.17, 15) is 14.4 Å². The number of fused-ring (bicyclic) bond motifs is 1. The second kappa shape index (κ2) is 9.23. The van der Waals surface area contributed by atoms with E-state index in [-0.39, 0.29) is 13.0 Å². The van der Waals surface area contributed by atoms with Gasteiger partial charge in [0.15, 0.2) is 6.61 Å². The minimum Gasteiger partial charge on any atom is -0.497 e. The fourth-order valence-corrected chi connectivity index (χ4v) is 3.32. The first-order chi connectivity index (χ1) is 14.0. The molecule has 2 aromatic rings. The summed E-state index contributed by atoms with van der Waals surface area (Å²) in [5, 5.41) is 0. The lowest BCUT2D eigenvalue weighted by molar-refractivity contribution is -0.159. The summed E-state index contributed by atoms with van der Waals surface area (Å²) >= 11 is 0. The van der Waals surface area contributed by atoms with Gasteiger partial charge in [-0.05, 0) is 28.8 Å². The maximum Gasteiger partial charge on any atom is 0.328 e. The van der Waals surface area contributed by atoms with Gasteiger partial charge in [-0.25, -0.2) is 4.79 Å². The molecule has 0 fully saturated rings. The van der Waals surface area contributed by atoms with Crippen LogP contribution >= 0.6 is 0 Å². The van der Waals surface area contributed by atoms with Gasteiger partial charge in [0, 0.05) is 13.0 Å². The Bertz CT molecular complexity index is 892. The lowest BCUT2D eigenvalue weighted by Gasteiger charge is -2.35. The summed E-state index contributed by atoms with van der Waals surface area (Å²) in [7, 11) is 2.86. The SMILES string of the molecule is COC(=O)[C@H]1Cc2ccccc2CN1C(=O)COC(=O)Cc1ccc(OC)cc1. The average Bonchev–Trinajstić information content (AvgIpc) is 2.76. The summed E-state index contributed by atoms with van der Waals surface area (Å²) in [6.45, 7) is -0.157. The molecule has 0 aromatic heterocycles. The Kier molecular flexibility index (Phi) is 6.49. The Balaban J connectivity index is 1.61. The maximum atomic E-state index is 12.7. The van der Waals surface area contributed by atoms with Crippen LogP contribution in [0.2, 0.25) is 0 Å². The molecule has 152 valence electrons. The number of hydrogen-bond donors (Lipinski definition) is 0. The van der Waals surface area contributed by atoms with Crippen LogP contribution in [0.1, 0.15) is 16.7 Å². The maximum absolute atomic E-state index is 12.7. The molecule has 29 heavy (non-hydrogen) atoms. The molecule has 7 heteroatoms. The Morgan fingerprint density at radius 1 is 1.00 bits per heavy atom. The zero-order chi connectivity index (χ0) is 20.8. The second-order valence-electron chi connectivity index (χ2n) is 6.72. The molecule has 0 radical (unpaired) electrons. The van der Waals surface area contributed by atoms with Crippen LogP contribution in [0.3, 0.4) is 0 Å². The van der Waals surface area contributed by atoms with E-state index in [0.29, 0.717) is 12.2 Å². The van der Waals surface area contributed by atoms with Crippen LogP contribution < -0.4 is 4.74 Å². The van der Waals surface area contributed by atoms with Gasteiger partial charge < -0.3 is 19.1 Å². The number of carbonyl (C=O) groups is 3. The number of benzene rings is 2. The first kappa shape index (κ1) is 20.4. The van der Waals surface area contributed by atoms with Gasteiger partial charge in [0.2, 0.25) is 0 Å². The minimum absolute atomic E-state index is 0.0422. The summed E-state index contributed by atoms with van der Waals surface area (Å²) in [4.78, 5) is 38.4. The molecule has 0 saturated carbocycles. The van der Waals surface area contributed by atoms with Crippen molar-refractivity contribution in [2.24, 2.45) is 0 Å². The van der Waals surface area contributed by atoms with Crippen molar-refractivity contribution in [2.75, 3.05) is 20.8 Å². The molecule has 2 aromatic carbocycles. The Morgan fingerprint density at radius 3 is 2.34 bits per heavy atom. The van der Waals surface area contributed by atoms with Gasteiger partial charge in [0.25, 0.3) is 5.91 Å². The molecule has 0 saturated heterocycles. The summed E-state index contributed by atoms with van der Waals surface area (Å²) in [5.41, 5.74) is 2.72. The molecular formula is C22H23NO6. The number of ether oxygens (including phenoxy) is 3. The molecule has 0 bridgehead atoms. The van der Waals surface area contributed by atoms with Gasteiger partial charge in [-0.1, -0.05) is 36.4 Å². The van der Waals surface area contributed by atoms with Crippen molar-refractivity contribution in [3.63, 3.8) is 0 Å². The third-order valence-corrected chi connectivity index (χ3v) is 4.91. The molecule has 1 atom stereocenters. The summed E-state index contributed by atoms with van der Waals surface area (Å²) in [6, 6.07) is 13.9. The topological polar surface area (TPSA) is 82.1 Å². The third-order valence-electron chi connectivity index (χ3n) is 4.91. The van der Waals surface area contributed by atoms with E-state index in [2.05, 4.69) is 0 Å². The van der Waals surface area contributed by atoms with Crippen molar-refractivity contribution >= 4 is 17.8 Å². The number of esters is 2. The highest BCUT2D eigenvalue weighted by Gasteiger charge is 2.35. The molecule has 0 aliphatic carbocycles. The van der Waals surface area contributed by atoms with Crippen LogP contribution in [0.25, 0.3) is 0 Å². The highest BCUT2D eigenvalue weighted by atomic mass is 16.5. The van der Waals surface area contributed by atoms with Gasteiger partial charge in [-0.3, -0.25) is 9.59 Å². The Labute approximate surface area is 169 Å². The largest absolute Gasteiger partial charge is 0.497 e. The zero-order valence-corrected chi connectivity index (χ0v) is 16.4. The number of rotatable bonds is 6. The van der Waals surface area contributed by atoms with E-state index in [1.165, 1.54) is 12.0 Å². The van der Waals surface area contributed by atoms with E-state index in [1.807, 2.05) is 24.3 Å². The monoisotopic (exact) mass is 397 g/mol. The molecule has 1 aliphatic rings. The molecule has 1 amide bonds. The highest BCUT2D eigenvalue weighted by Crippen LogP contribution is 2.24. The van der Waals surface area contributed by atoms with E-state index in [4.69, 9.17) is 14.2 Å². The van der Waals surface area contributed by atoms with Gasteiger partial charge in [0.1, 0.15) is 11.8 Å². The van der Waals surface area contributed by atoms with Crippen molar-refractivity contribution in [2.45, 2.75) is 25.4 Å². The van der Waals surface area contributed by atoms with Crippen LogP contribution in [0.4, 0.5) is 0 Å². The van der Waals surface area contributed by atoms with Gasteiger partial charge in [-0.2, -0.15) is 0 Å². The number of hydrogen-bond acceptors (Lipinski definition) is 6. The molecule has 1 heterocycles. The number of carbonyl (C=O) groups excluding carboxylic acids is 3. The fourth-order valence-electron chi connectivity index (χ4n) is 3.32. The van der Waals surface area contributed by atoms with Crippen LogP contribution in [0.15, 0.2) is 48.5 Å². The Hall–Kier alpha value is -3.35. The molecule has 0 unspecified atom stereocenters. The molecule has 1 aliphatic heterocycles. The number of methoxy groups -OCH3 is 2. The molecule has 3 rings (SSSR count). The normalized spacial score (nSPS) is 15.2. The average molecular weight is 397 g/mol. The van der Waals surface area contributed by atoms with Crippen LogP contribution in [-0.2, 0) is 43.2 Å². The van der Waals surface area contributed by atoms with Crippen molar-refractivity contribution in [3.05, 3.63) is 65.2 Å². The standard InChI is InChI=1S/C22H23NO6/c1-27-18-9-7-15(8-10-18)11-21(25)29-14-20(24)23-13-17-6-4-3-5-16(17)12-19(23)22(26)28-2/h3-10,19H,11-14H2,1-2H3/t19-/m1/s1. The lowest BCUT2D eigenvalue weighted by Crippen LogP contribution is -2.50. The van der Waals surface area contributed by atoms with E-state index in [1.54, 1.807) is 31.4 Å². The number of amides is 1. The van der Waals surface area contributed by atoms with E-state index in [0.717, 1.165) is 16.7 Å². The number of nitrogens with zero attached hydrogens (tertiary/aromatic N) is 1. The van der Waals surface area contributed by atoms with Crippen LogP contribution in [0, 0.1) is 0 Å². The van der Waals surface area contributed by atoms with Crippen LogP contribution in [0.5, 0.6) is 5.75 Å². The minimum atomic E-state index is -0.734. The third kappa shape index (κ3) is 4.93. The van der Waals surface area contributed by atoms with Crippen molar-refractivity contribution < 1.29 is 28.6 Å². The Morgan fingerprint density at radius 2 is 1.69 bits per heavy atom. The quantitative estimate of drug-likeness (QED) is 0.693. The zero-order valence-electron chi connectivity index (χ0n) is 16.4. The highest BCUT2D eigenvalue weighted by molar-refractivity contribution is 5.87. The van der Waals surface area contributed by atoms with E-state index < -0.39 is 30.5 Å². The first-order valence-electron chi connectivity index (χ1n) is 9.24. The predicted octanol–water partition coefficient (Wildman–Crippen LogP) is 1.91. The lowest BCUT2D eigenvalue weighted by atomic mass is 9.94. The smallest absolute Gasteiger partial charge is 0.328 e. The van der Waals surface area contributed by atoms with Crippen LogP contribution in [-0.4, -0.2) is 49.6 Å². The van der Waals surface area contributed by atoms with Gasteiger partial charge in [0.05, 0.1) is 20.6 Å². The van der Waals surface area contributed by atoms with Gasteiger partial charge in [-0.15, -0.1) is 0 Å². The molecule has 7 nitrogen and oxygen atoms in total. The van der Waals surface area contributed by atoms with Crippen molar-refractivity contribution in [1.29, 1.82) is 0 Å².